The number of amides is 2. The Hall–Kier alpha value is -2.83. The van der Waals surface area contributed by atoms with Crippen molar-refractivity contribution in [3.8, 4) is 0 Å². The molecule has 0 aromatic heterocycles. The Kier molecular flexibility index (Phi) is 5.45. The second kappa shape index (κ2) is 7.66. The predicted molar refractivity (Wildman–Crippen MR) is 101 cm³/mol. The third-order valence-corrected chi connectivity index (χ3v) is 4.87. The number of nitrogens with zero attached hydrogens (tertiary/aromatic N) is 1. The van der Waals surface area contributed by atoms with Crippen LogP contribution in [0.5, 0.6) is 0 Å². The van der Waals surface area contributed by atoms with Crippen LogP contribution in [-0.2, 0) is 15.8 Å². The number of alkyl halides is 3. The molecule has 0 radical (unpaired) electrons. The average molecular weight is 390 g/mol. The second-order valence-corrected chi connectivity index (χ2v) is 7.14. The third kappa shape index (κ3) is 4.18. The number of anilines is 2. The topological polar surface area (TPSA) is 49.4 Å². The molecule has 4 nitrogen and oxygen atoms in total. The van der Waals surface area contributed by atoms with E-state index in [1.54, 1.807) is 4.90 Å². The van der Waals surface area contributed by atoms with Crippen LogP contribution >= 0.6 is 0 Å². The standard InChI is InChI=1S/C21H21F3N2O2/c1-13(2)14-3-9-17(10-4-14)26-12-11-18(20(26)28)19(27)25-16-7-5-15(6-8-16)21(22,23)24/h3-10,13,18H,11-12H2,1-2H3,(H,25,27)/t18-/m1/s1. The molecule has 0 spiro atoms. The Morgan fingerprint density at radius 2 is 1.68 bits per heavy atom. The van der Waals surface area contributed by atoms with E-state index < -0.39 is 23.6 Å². The van der Waals surface area contributed by atoms with Crippen molar-refractivity contribution in [1.29, 1.82) is 0 Å². The lowest BCUT2D eigenvalue weighted by atomic mass is 10.0. The van der Waals surface area contributed by atoms with Crippen molar-refractivity contribution < 1.29 is 22.8 Å². The van der Waals surface area contributed by atoms with E-state index in [0.29, 0.717) is 18.9 Å². The monoisotopic (exact) mass is 390 g/mol. The molecule has 1 N–H and O–H groups in total. The summed E-state index contributed by atoms with van der Waals surface area (Å²) in [6.45, 7) is 4.58. The summed E-state index contributed by atoms with van der Waals surface area (Å²) in [5.41, 5.74) is 1.33. The van der Waals surface area contributed by atoms with Gasteiger partial charge in [0, 0.05) is 17.9 Å². The number of hydrogen-bond donors (Lipinski definition) is 1. The molecule has 148 valence electrons. The molecule has 1 atom stereocenters. The lowest BCUT2D eigenvalue weighted by molar-refractivity contribution is -0.137. The number of benzene rings is 2. The minimum atomic E-state index is -4.43. The summed E-state index contributed by atoms with van der Waals surface area (Å²) in [6, 6.07) is 11.8. The molecule has 1 aliphatic heterocycles. The Labute approximate surface area is 161 Å². The molecule has 1 heterocycles. The normalized spacial score (nSPS) is 17.3. The van der Waals surface area contributed by atoms with Crippen molar-refractivity contribution in [3.05, 3.63) is 59.7 Å². The summed E-state index contributed by atoms with van der Waals surface area (Å²) in [4.78, 5) is 26.7. The first-order valence-corrected chi connectivity index (χ1v) is 9.06. The molecule has 28 heavy (non-hydrogen) atoms. The Balaban J connectivity index is 1.66. The van der Waals surface area contributed by atoms with Gasteiger partial charge in [-0.2, -0.15) is 13.2 Å². The molecular weight excluding hydrogens is 369 g/mol. The van der Waals surface area contributed by atoms with E-state index >= 15 is 0 Å². The molecule has 0 aliphatic carbocycles. The van der Waals surface area contributed by atoms with Crippen LogP contribution in [0.25, 0.3) is 0 Å². The lowest BCUT2D eigenvalue weighted by Crippen LogP contribution is -2.33. The Bertz CT molecular complexity index is 859. The van der Waals surface area contributed by atoms with Crippen LogP contribution in [0.3, 0.4) is 0 Å². The van der Waals surface area contributed by atoms with Gasteiger partial charge in [-0.05, 0) is 54.3 Å². The van der Waals surface area contributed by atoms with Gasteiger partial charge in [-0.15, -0.1) is 0 Å². The minimum Gasteiger partial charge on any atom is -0.325 e. The molecule has 2 amide bonds. The van der Waals surface area contributed by atoms with Gasteiger partial charge in [0.15, 0.2) is 0 Å². The van der Waals surface area contributed by atoms with Gasteiger partial charge in [-0.25, -0.2) is 0 Å². The molecule has 7 heteroatoms. The fourth-order valence-electron chi connectivity index (χ4n) is 3.19. The van der Waals surface area contributed by atoms with Gasteiger partial charge >= 0.3 is 6.18 Å². The van der Waals surface area contributed by atoms with Crippen LogP contribution < -0.4 is 10.2 Å². The van der Waals surface area contributed by atoms with Gasteiger partial charge in [0.25, 0.3) is 0 Å². The zero-order chi connectivity index (χ0) is 20.5. The van der Waals surface area contributed by atoms with E-state index in [9.17, 15) is 22.8 Å². The Morgan fingerprint density at radius 1 is 1.07 bits per heavy atom. The largest absolute Gasteiger partial charge is 0.416 e. The van der Waals surface area contributed by atoms with Gasteiger partial charge in [0.2, 0.25) is 11.8 Å². The van der Waals surface area contributed by atoms with Gasteiger partial charge in [0.1, 0.15) is 5.92 Å². The highest BCUT2D eigenvalue weighted by atomic mass is 19.4. The summed E-state index contributed by atoms with van der Waals surface area (Å²) >= 11 is 0. The van der Waals surface area contributed by atoms with Crippen molar-refractivity contribution in [3.63, 3.8) is 0 Å². The SMILES string of the molecule is CC(C)c1ccc(N2CC[C@H](C(=O)Nc3ccc(C(F)(F)F)cc3)C2=O)cc1. The van der Waals surface area contributed by atoms with Gasteiger partial charge in [0.05, 0.1) is 5.56 Å². The maximum Gasteiger partial charge on any atom is 0.416 e. The predicted octanol–water partition coefficient (Wildman–Crippen LogP) is 4.82. The number of hydrogen-bond acceptors (Lipinski definition) is 2. The number of nitrogens with one attached hydrogen (secondary N) is 1. The molecule has 1 aliphatic rings. The molecule has 2 aromatic carbocycles. The quantitative estimate of drug-likeness (QED) is 0.761. The number of halogens is 3. The van der Waals surface area contributed by atoms with Crippen molar-refractivity contribution in [2.45, 2.75) is 32.4 Å². The summed E-state index contributed by atoms with van der Waals surface area (Å²) in [5, 5.41) is 2.54. The van der Waals surface area contributed by atoms with E-state index in [-0.39, 0.29) is 11.6 Å². The van der Waals surface area contributed by atoms with Crippen molar-refractivity contribution in [2.24, 2.45) is 5.92 Å². The van der Waals surface area contributed by atoms with Crippen LogP contribution in [0.1, 0.15) is 37.3 Å². The smallest absolute Gasteiger partial charge is 0.325 e. The maximum atomic E-state index is 12.7. The molecule has 3 rings (SSSR count). The molecular formula is C21H21F3N2O2. The Morgan fingerprint density at radius 3 is 2.21 bits per heavy atom. The fourth-order valence-corrected chi connectivity index (χ4v) is 3.19. The van der Waals surface area contributed by atoms with Gasteiger partial charge in [-0.3, -0.25) is 9.59 Å². The minimum absolute atomic E-state index is 0.227. The van der Waals surface area contributed by atoms with E-state index in [2.05, 4.69) is 19.2 Å². The second-order valence-electron chi connectivity index (χ2n) is 7.14. The van der Waals surface area contributed by atoms with Gasteiger partial charge in [-0.1, -0.05) is 26.0 Å². The van der Waals surface area contributed by atoms with Gasteiger partial charge < -0.3 is 10.2 Å². The van der Waals surface area contributed by atoms with Crippen LogP contribution in [0.15, 0.2) is 48.5 Å². The zero-order valence-electron chi connectivity index (χ0n) is 15.6. The first kappa shape index (κ1) is 19.9. The first-order valence-electron chi connectivity index (χ1n) is 9.06. The number of carbonyl (C=O) groups excluding carboxylic acids is 2. The van der Waals surface area contributed by atoms with Crippen LogP contribution in [0.4, 0.5) is 24.5 Å². The fraction of sp³-hybridized carbons (Fsp3) is 0.333. The summed E-state index contributed by atoms with van der Waals surface area (Å²) in [7, 11) is 0. The van der Waals surface area contributed by atoms with Crippen molar-refractivity contribution in [2.75, 3.05) is 16.8 Å². The molecule has 0 unspecified atom stereocenters. The van der Waals surface area contributed by atoms with E-state index in [4.69, 9.17) is 0 Å². The zero-order valence-corrected chi connectivity index (χ0v) is 15.6. The highest BCUT2D eigenvalue weighted by molar-refractivity contribution is 6.13. The van der Waals surface area contributed by atoms with Crippen molar-refractivity contribution >= 4 is 23.2 Å². The number of carbonyl (C=O) groups is 2. The molecule has 1 fully saturated rings. The van der Waals surface area contributed by atoms with Crippen LogP contribution in [0, 0.1) is 5.92 Å². The average Bonchev–Trinajstić information content (AvgIpc) is 3.03. The van der Waals surface area contributed by atoms with Crippen LogP contribution in [0.2, 0.25) is 0 Å². The van der Waals surface area contributed by atoms with E-state index in [0.717, 1.165) is 23.4 Å². The molecule has 0 bridgehead atoms. The summed E-state index contributed by atoms with van der Waals surface area (Å²) < 4.78 is 37.8. The highest BCUT2D eigenvalue weighted by Gasteiger charge is 2.37. The van der Waals surface area contributed by atoms with Crippen LogP contribution in [-0.4, -0.2) is 18.4 Å². The molecule has 2 aromatic rings. The third-order valence-electron chi connectivity index (χ3n) is 4.87. The number of rotatable bonds is 4. The van der Waals surface area contributed by atoms with E-state index in [1.807, 2.05) is 24.3 Å². The summed E-state index contributed by atoms with van der Waals surface area (Å²) in [6.07, 6.45) is -4.08. The molecule has 1 saturated heterocycles. The van der Waals surface area contributed by atoms with Crippen molar-refractivity contribution in [1.82, 2.24) is 0 Å². The highest BCUT2D eigenvalue weighted by Crippen LogP contribution is 2.31. The lowest BCUT2D eigenvalue weighted by Gasteiger charge is -2.18. The summed E-state index contributed by atoms with van der Waals surface area (Å²) in [5.74, 6) is -1.29. The molecule has 0 saturated carbocycles. The first-order chi connectivity index (χ1) is 13.2. The van der Waals surface area contributed by atoms with E-state index in [1.165, 1.54) is 12.1 Å². The maximum absolute atomic E-state index is 12.7.